The summed E-state index contributed by atoms with van der Waals surface area (Å²) in [5.74, 6) is -0.134. The Bertz CT molecular complexity index is 421. The molecule has 0 radical (unpaired) electrons. The third-order valence-electron chi connectivity index (χ3n) is 4.13. The lowest BCUT2D eigenvalue weighted by molar-refractivity contribution is -0.131. The molecule has 1 atom stereocenters. The predicted molar refractivity (Wildman–Crippen MR) is 75.5 cm³/mol. The van der Waals surface area contributed by atoms with E-state index < -0.39 is 0 Å². The third-order valence-corrected chi connectivity index (χ3v) is 4.13. The highest BCUT2D eigenvalue weighted by molar-refractivity contribution is 5.81. The second-order valence-corrected chi connectivity index (χ2v) is 5.70. The van der Waals surface area contributed by atoms with Crippen LogP contribution in [0.4, 0.5) is 0 Å². The minimum atomic E-state index is -0.324. The summed E-state index contributed by atoms with van der Waals surface area (Å²) in [6, 6.07) is 4.03. The fourth-order valence-electron chi connectivity index (χ4n) is 3.07. The predicted octanol–water partition coefficient (Wildman–Crippen LogP) is 1.60. The van der Waals surface area contributed by atoms with Crippen LogP contribution in [0, 0.1) is 5.41 Å². The van der Waals surface area contributed by atoms with Crippen LogP contribution in [0.1, 0.15) is 31.2 Å². The molecule has 2 N–H and O–H groups in total. The highest BCUT2D eigenvalue weighted by Crippen LogP contribution is 2.34. The number of hydrogen-bond donors (Lipinski definition) is 1. The molecule has 1 aromatic heterocycles. The Morgan fingerprint density at radius 1 is 1.58 bits per heavy atom. The summed E-state index contributed by atoms with van der Waals surface area (Å²) < 4.78 is 0. The summed E-state index contributed by atoms with van der Waals surface area (Å²) in [6.45, 7) is 1.87. The van der Waals surface area contributed by atoms with E-state index >= 15 is 0 Å². The van der Waals surface area contributed by atoms with Crippen molar-refractivity contribution >= 4 is 5.91 Å². The Kier molecular flexibility index (Phi) is 4.53. The van der Waals surface area contributed by atoms with Crippen molar-refractivity contribution < 1.29 is 4.79 Å². The van der Waals surface area contributed by atoms with E-state index in [0.717, 1.165) is 45.2 Å². The van der Waals surface area contributed by atoms with Crippen molar-refractivity contribution in [1.82, 2.24) is 9.88 Å². The van der Waals surface area contributed by atoms with Gasteiger partial charge in [0.15, 0.2) is 0 Å². The first-order chi connectivity index (χ1) is 9.12. The number of primary amides is 1. The Morgan fingerprint density at radius 2 is 2.42 bits per heavy atom. The van der Waals surface area contributed by atoms with Crippen molar-refractivity contribution in [3.05, 3.63) is 30.1 Å². The molecule has 1 aliphatic rings. The molecule has 0 saturated carbocycles. The summed E-state index contributed by atoms with van der Waals surface area (Å²) in [5.41, 5.74) is 6.57. The smallest absolute Gasteiger partial charge is 0.224 e. The summed E-state index contributed by atoms with van der Waals surface area (Å²) in [5, 5.41) is 0. The van der Waals surface area contributed by atoms with Gasteiger partial charge in [-0.05, 0) is 57.3 Å². The molecule has 1 aliphatic heterocycles. The zero-order valence-corrected chi connectivity index (χ0v) is 11.6. The quantitative estimate of drug-likeness (QED) is 0.876. The molecule has 4 heteroatoms. The molecule has 0 spiro atoms. The zero-order valence-electron chi connectivity index (χ0n) is 11.6. The van der Waals surface area contributed by atoms with Crippen molar-refractivity contribution in [2.24, 2.45) is 11.1 Å². The fourth-order valence-corrected chi connectivity index (χ4v) is 3.07. The lowest BCUT2D eigenvalue weighted by atomic mass is 9.75. The maximum atomic E-state index is 11.8. The molecule has 0 bridgehead atoms. The van der Waals surface area contributed by atoms with Crippen LogP contribution >= 0.6 is 0 Å². The number of amides is 1. The van der Waals surface area contributed by atoms with E-state index in [9.17, 15) is 4.79 Å². The zero-order chi connectivity index (χ0) is 13.7. The van der Waals surface area contributed by atoms with Crippen molar-refractivity contribution in [1.29, 1.82) is 0 Å². The van der Waals surface area contributed by atoms with Gasteiger partial charge in [0, 0.05) is 18.9 Å². The Labute approximate surface area is 115 Å². The molecule has 1 fully saturated rings. The van der Waals surface area contributed by atoms with Gasteiger partial charge in [0.2, 0.25) is 5.91 Å². The monoisotopic (exact) mass is 261 g/mol. The van der Waals surface area contributed by atoms with Crippen molar-refractivity contribution in [3.8, 4) is 0 Å². The van der Waals surface area contributed by atoms with Crippen LogP contribution in [0.5, 0.6) is 0 Å². The van der Waals surface area contributed by atoms with Gasteiger partial charge in [-0.25, -0.2) is 0 Å². The van der Waals surface area contributed by atoms with Crippen LogP contribution < -0.4 is 5.73 Å². The van der Waals surface area contributed by atoms with Crippen LogP contribution in [0.2, 0.25) is 0 Å². The van der Waals surface area contributed by atoms with Gasteiger partial charge in [0.05, 0.1) is 5.41 Å². The van der Waals surface area contributed by atoms with Gasteiger partial charge >= 0.3 is 0 Å². The summed E-state index contributed by atoms with van der Waals surface area (Å²) in [7, 11) is 2.07. The molecular formula is C15H23N3O. The number of likely N-dealkylation sites (tertiary alicyclic amines) is 1. The molecule has 0 unspecified atom stereocenters. The molecule has 0 aliphatic carbocycles. The average molecular weight is 261 g/mol. The summed E-state index contributed by atoms with van der Waals surface area (Å²) in [6.07, 6.45) is 8.50. The SMILES string of the molecule is CN1CCC[C@](CCCc2cccnc2)(C(N)=O)C1. The summed E-state index contributed by atoms with van der Waals surface area (Å²) in [4.78, 5) is 18.2. The average Bonchev–Trinajstić information content (AvgIpc) is 2.40. The normalized spacial score (nSPS) is 24.3. The van der Waals surface area contributed by atoms with E-state index in [4.69, 9.17) is 5.73 Å². The molecule has 1 aromatic rings. The minimum absolute atomic E-state index is 0.134. The number of carbonyl (C=O) groups excluding carboxylic acids is 1. The number of carbonyl (C=O) groups is 1. The molecule has 104 valence electrons. The fraction of sp³-hybridized carbons (Fsp3) is 0.600. The van der Waals surface area contributed by atoms with E-state index in [1.807, 2.05) is 12.3 Å². The number of nitrogens with two attached hydrogens (primary N) is 1. The molecule has 2 rings (SSSR count). The maximum absolute atomic E-state index is 11.8. The highest BCUT2D eigenvalue weighted by Gasteiger charge is 2.39. The van der Waals surface area contributed by atoms with Gasteiger partial charge in [-0.3, -0.25) is 9.78 Å². The first kappa shape index (κ1) is 14.0. The molecule has 1 amide bonds. The molecule has 4 nitrogen and oxygen atoms in total. The molecule has 0 aromatic carbocycles. The van der Waals surface area contributed by atoms with Crippen LogP contribution in [0.15, 0.2) is 24.5 Å². The Morgan fingerprint density at radius 3 is 3.05 bits per heavy atom. The topological polar surface area (TPSA) is 59.2 Å². The third kappa shape index (κ3) is 3.53. The van der Waals surface area contributed by atoms with Gasteiger partial charge in [0.25, 0.3) is 0 Å². The number of hydrogen-bond acceptors (Lipinski definition) is 3. The second-order valence-electron chi connectivity index (χ2n) is 5.70. The van der Waals surface area contributed by atoms with Gasteiger partial charge in [0.1, 0.15) is 0 Å². The van der Waals surface area contributed by atoms with Crippen LogP contribution in [-0.2, 0) is 11.2 Å². The van der Waals surface area contributed by atoms with E-state index in [0.29, 0.717) is 0 Å². The molecular weight excluding hydrogens is 238 g/mol. The lowest BCUT2D eigenvalue weighted by Crippen LogP contribution is -2.49. The van der Waals surface area contributed by atoms with Crippen LogP contribution in [0.3, 0.4) is 0 Å². The van der Waals surface area contributed by atoms with E-state index in [-0.39, 0.29) is 11.3 Å². The minimum Gasteiger partial charge on any atom is -0.369 e. The van der Waals surface area contributed by atoms with Gasteiger partial charge in [-0.1, -0.05) is 6.07 Å². The Balaban J connectivity index is 1.92. The Hall–Kier alpha value is -1.42. The highest BCUT2D eigenvalue weighted by atomic mass is 16.1. The molecule has 19 heavy (non-hydrogen) atoms. The lowest BCUT2D eigenvalue weighted by Gasteiger charge is -2.39. The van der Waals surface area contributed by atoms with Gasteiger partial charge in [-0.15, -0.1) is 0 Å². The number of nitrogens with zero attached hydrogens (tertiary/aromatic N) is 2. The van der Waals surface area contributed by atoms with Crippen LogP contribution in [-0.4, -0.2) is 35.9 Å². The van der Waals surface area contributed by atoms with E-state index in [1.54, 1.807) is 6.20 Å². The van der Waals surface area contributed by atoms with Crippen molar-refractivity contribution in [2.75, 3.05) is 20.1 Å². The number of aromatic nitrogens is 1. The van der Waals surface area contributed by atoms with E-state index in [1.165, 1.54) is 5.56 Å². The van der Waals surface area contributed by atoms with Crippen molar-refractivity contribution in [3.63, 3.8) is 0 Å². The molecule has 2 heterocycles. The number of piperidine rings is 1. The number of aryl methyl sites for hydroxylation is 1. The maximum Gasteiger partial charge on any atom is 0.224 e. The van der Waals surface area contributed by atoms with Crippen molar-refractivity contribution in [2.45, 2.75) is 32.1 Å². The molecule has 1 saturated heterocycles. The van der Waals surface area contributed by atoms with Gasteiger partial charge in [-0.2, -0.15) is 0 Å². The first-order valence-corrected chi connectivity index (χ1v) is 7.00. The van der Waals surface area contributed by atoms with Crippen LogP contribution in [0.25, 0.3) is 0 Å². The largest absolute Gasteiger partial charge is 0.369 e. The number of pyridine rings is 1. The first-order valence-electron chi connectivity index (χ1n) is 7.00. The second kappa shape index (κ2) is 6.15. The van der Waals surface area contributed by atoms with Gasteiger partial charge < -0.3 is 10.6 Å². The summed E-state index contributed by atoms with van der Waals surface area (Å²) >= 11 is 0. The standard InChI is InChI=1S/C15H23N3O/c1-18-10-4-8-15(12-18,14(16)19)7-2-5-13-6-3-9-17-11-13/h3,6,9,11H,2,4-5,7-8,10,12H2,1H3,(H2,16,19)/t15-/m0/s1. The number of rotatable bonds is 5. The van der Waals surface area contributed by atoms with E-state index in [2.05, 4.69) is 23.0 Å².